The molecule has 0 atom stereocenters. The number of rotatable bonds is 5. The van der Waals surface area contributed by atoms with E-state index in [0.29, 0.717) is 13.2 Å². The summed E-state index contributed by atoms with van der Waals surface area (Å²) < 4.78 is 5.30. The molecule has 0 aromatic carbocycles. The second kappa shape index (κ2) is 5.54. The summed E-state index contributed by atoms with van der Waals surface area (Å²) in [7, 11) is 0. The Kier molecular flexibility index (Phi) is 4.26. The van der Waals surface area contributed by atoms with Crippen LogP contribution in [0, 0.1) is 6.20 Å². The Morgan fingerprint density at radius 2 is 2.38 bits per heavy atom. The molecule has 13 heavy (non-hydrogen) atoms. The van der Waals surface area contributed by atoms with Gasteiger partial charge in [0, 0.05) is 30.6 Å². The van der Waals surface area contributed by atoms with Crippen molar-refractivity contribution < 1.29 is 4.74 Å². The molecule has 3 heteroatoms. The zero-order chi connectivity index (χ0) is 9.52. The number of pyridine rings is 1. The normalized spacial score (nSPS) is 10.0. The lowest BCUT2D eigenvalue weighted by Crippen LogP contribution is -2.03. The molecule has 0 amide bonds. The van der Waals surface area contributed by atoms with Crippen LogP contribution in [0.25, 0.3) is 0 Å². The van der Waals surface area contributed by atoms with E-state index in [0.717, 1.165) is 17.8 Å². The van der Waals surface area contributed by atoms with E-state index in [-0.39, 0.29) is 0 Å². The van der Waals surface area contributed by atoms with Crippen molar-refractivity contribution in [1.82, 2.24) is 4.98 Å². The lowest BCUT2D eigenvalue weighted by Gasteiger charge is -2.08. The van der Waals surface area contributed by atoms with Crippen LogP contribution in [-0.2, 0) is 11.3 Å². The number of ether oxygens (including phenoxy) is 1. The van der Waals surface area contributed by atoms with Crippen molar-refractivity contribution in [3.63, 3.8) is 0 Å². The highest BCUT2D eigenvalue weighted by atomic mass is 16.5. The molecule has 0 aliphatic carbocycles. The SMILES string of the molecule is CCNc1ccn[c]c1COCC. The Hall–Kier alpha value is -1.09. The fourth-order valence-electron chi connectivity index (χ4n) is 1.06. The Balaban J connectivity index is 2.66. The topological polar surface area (TPSA) is 34.2 Å². The van der Waals surface area contributed by atoms with E-state index in [2.05, 4.69) is 23.4 Å². The number of hydrogen-bond acceptors (Lipinski definition) is 3. The van der Waals surface area contributed by atoms with Crippen LogP contribution in [-0.4, -0.2) is 18.1 Å². The van der Waals surface area contributed by atoms with Crippen molar-refractivity contribution in [2.45, 2.75) is 20.5 Å². The predicted molar refractivity (Wildman–Crippen MR) is 52.6 cm³/mol. The highest BCUT2D eigenvalue weighted by molar-refractivity contribution is 5.48. The summed E-state index contributed by atoms with van der Waals surface area (Å²) in [6.07, 6.45) is 4.65. The van der Waals surface area contributed by atoms with Crippen LogP contribution in [0.2, 0.25) is 0 Å². The molecule has 0 fully saturated rings. The van der Waals surface area contributed by atoms with E-state index in [1.165, 1.54) is 0 Å². The summed E-state index contributed by atoms with van der Waals surface area (Å²) in [5, 5.41) is 3.23. The van der Waals surface area contributed by atoms with E-state index < -0.39 is 0 Å². The zero-order valence-corrected chi connectivity index (χ0v) is 8.13. The predicted octanol–water partition coefficient (Wildman–Crippen LogP) is 1.85. The molecule has 1 aromatic rings. The Bertz CT molecular complexity index is 250. The van der Waals surface area contributed by atoms with Gasteiger partial charge in [-0.15, -0.1) is 0 Å². The standard InChI is InChI=1S/C10H15N2O/c1-3-12-10-5-6-11-7-9(10)8-13-4-2/h5-6H,3-4,8H2,1-2H3,(H,11,12). The number of hydrogen-bond donors (Lipinski definition) is 1. The third kappa shape index (κ3) is 3.03. The Morgan fingerprint density at radius 1 is 1.54 bits per heavy atom. The van der Waals surface area contributed by atoms with Gasteiger partial charge in [-0.1, -0.05) is 0 Å². The molecule has 3 nitrogen and oxygen atoms in total. The number of nitrogens with one attached hydrogen (secondary N) is 1. The average molecular weight is 179 g/mol. The van der Waals surface area contributed by atoms with E-state index in [4.69, 9.17) is 4.74 Å². The van der Waals surface area contributed by atoms with Gasteiger partial charge in [-0.2, -0.15) is 0 Å². The highest BCUT2D eigenvalue weighted by Crippen LogP contribution is 2.13. The van der Waals surface area contributed by atoms with E-state index in [1.54, 1.807) is 6.20 Å². The number of anilines is 1. The molecule has 0 saturated carbocycles. The average Bonchev–Trinajstić information content (AvgIpc) is 2.17. The van der Waals surface area contributed by atoms with Crippen molar-refractivity contribution in [3.05, 3.63) is 24.0 Å². The van der Waals surface area contributed by atoms with Crippen LogP contribution in [0.4, 0.5) is 5.69 Å². The number of nitrogens with zero attached hydrogens (tertiary/aromatic N) is 1. The fourth-order valence-corrected chi connectivity index (χ4v) is 1.06. The summed E-state index contributed by atoms with van der Waals surface area (Å²) >= 11 is 0. The maximum atomic E-state index is 5.30. The Morgan fingerprint density at radius 3 is 3.08 bits per heavy atom. The first-order valence-corrected chi connectivity index (χ1v) is 4.55. The maximum absolute atomic E-state index is 5.30. The maximum Gasteiger partial charge on any atom is 0.0966 e. The minimum absolute atomic E-state index is 0.576. The van der Waals surface area contributed by atoms with Crippen LogP contribution >= 0.6 is 0 Å². The van der Waals surface area contributed by atoms with Gasteiger partial charge < -0.3 is 10.1 Å². The molecule has 0 aliphatic heterocycles. The van der Waals surface area contributed by atoms with Crippen LogP contribution < -0.4 is 5.32 Å². The number of aromatic nitrogens is 1. The van der Waals surface area contributed by atoms with Gasteiger partial charge in [0.05, 0.1) is 12.8 Å². The first-order chi connectivity index (χ1) is 6.38. The molecule has 0 unspecified atom stereocenters. The summed E-state index contributed by atoms with van der Waals surface area (Å²) in [4.78, 5) is 3.94. The molecule has 1 N–H and O–H groups in total. The third-order valence-electron chi connectivity index (χ3n) is 1.66. The van der Waals surface area contributed by atoms with Gasteiger partial charge in [0.25, 0.3) is 0 Å². The minimum atomic E-state index is 0.576. The second-order valence-electron chi connectivity index (χ2n) is 2.62. The molecule has 0 bridgehead atoms. The molecular weight excluding hydrogens is 164 g/mol. The lowest BCUT2D eigenvalue weighted by atomic mass is 10.2. The molecule has 71 valence electrons. The first-order valence-electron chi connectivity index (χ1n) is 4.55. The van der Waals surface area contributed by atoms with Gasteiger partial charge in [-0.3, -0.25) is 4.98 Å². The molecular formula is C10H15N2O. The molecule has 0 spiro atoms. The Labute approximate surface area is 79.1 Å². The largest absolute Gasteiger partial charge is 0.385 e. The van der Waals surface area contributed by atoms with Crippen molar-refractivity contribution in [3.8, 4) is 0 Å². The van der Waals surface area contributed by atoms with Crippen molar-refractivity contribution >= 4 is 5.69 Å². The minimum Gasteiger partial charge on any atom is -0.385 e. The summed E-state index contributed by atoms with van der Waals surface area (Å²) in [5.74, 6) is 0. The summed E-state index contributed by atoms with van der Waals surface area (Å²) in [6, 6.07) is 1.94. The van der Waals surface area contributed by atoms with Gasteiger partial charge in [-0.25, -0.2) is 0 Å². The van der Waals surface area contributed by atoms with E-state index >= 15 is 0 Å². The lowest BCUT2D eigenvalue weighted by molar-refractivity contribution is 0.134. The van der Waals surface area contributed by atoms with Crippen molar-refractivity contribution in [2.75, 3.05) is 18.5 Å². The van der Waals surface area contributed by atoms with Crippen LogP contribution in [0.3, 0.4) is 0 Å². The van der Waals surface area contributed by atoms with Crippen molar-refractivity contribution in [1.29, 1.82) is 0 Å². The third-order valence-corrected chi connectivity index (χ3v) is 1.66. The van der Waals surface area contributed by atoms with E-state index in [1.807, 2.05) is 13.0 Å². The molecule has 1 heterocycles. The summed E-state index contributed by atoms with van der Waals surface area (Å²) in [5.41, 5.74) is 2.05. The van der Waals surface area contributed by atoms with Gasteiger partial charge in [-0.05, 0) is 19.9 Å². The molecule has 0 aliphatic rings. The van der Waals surface area contributed by atoms with Crippen LogP contribution in [0.15, 0.2) is 12.3 Å². The monoisotopic (exact) mass is 179 g/mol. The summed E-state index contributed by atoms with van der Waals surface area (Å²) in [6.45, 7) is 6.23. The molecule has 1 aromatic heterocycles. The molecule has 0 saturated heterocycles. The van der Waals surface area contributed by atoms with Crippen molar-refractivity contribution in [2.24, 2.45) is 0 Å². The van der Waals surface area contributed by atoms with Gasteiger partial charge in [0.1, 0.15) is 0 Å². The van der Waals surface area contributed by atoms with Crippen LogP contribution in [0.5, 0.6) is 0 Å². The van der Waals surface area contributed by atoms with E-state index in [9.17, 15) is 0 Å². The molecule has 1 rings (SSSR count). The quantitative estimate of drug-likeness (QED) is 0.749. The smallest absolute Gasteiger partial charge is 0.0966 e. The van der Waals surface area contributed by atoms with Crippen LogP contribution in [0.1, 0.15) is 19.4 Å². The molecule has 1 radical (unpaired) electrons. The fraction of sp³-hybridized carbons (Fsp3) is 0.500. The first kappa shape index (κ1) is 9.99. The highest BCUT2D eigenvalue weighted by Gasteiger charge is 2.00. The second-order valence-corrected chi connectivity index (χ2v) is 2.62. The van der Waals surface area contributed by atoms with Gasteiger partial charge in [0.2, 0.25) is 0 Å². The van der Waals surface area contributed by atoms with Gasteiger partial charge >= 0.3 is 0 Å². The van der Waals surface area contributed by atoms with Gasteiger partial charge in [0.15, 0.2) is 0 Å². The zero-order valence-electron chi connectivity index (χ0n) is 8.13.